The largest absolute Gasteiger partial charge is 0.413 e. The van der Waals surface area contributed by atoms with E-state index in [0.717, 1.165) is 32.1 Å². The van der Waals surface area contributed by atoms with Crippen molar-refractivity contribution in [2.75, 3.05) is 0 Å². The maximum absolute atomic E-state index is 12.4. The number of ketones is 1. The van der Waals surface area contributed by atoms with E-state index in [1.54, 1.807) is 0 Å². The molecule has 7 atom stereocenters. The molecule has 0 aromatic rings. The van der Waals surface area contributed by atoms with E-state index in [2.05, 4.69) is 33.9 Å². The molecule has 5 rings (SSSR count). The van der Waals surface area contributed by atoms with E-state index in [0.29, 0.717) is 30.3 Å². The first-order valence-corrected chi connectivity index (χ1v) is 13.0. The molecule has 0 aromatic carbocycles. The highest BCUT2D eigenvalue weighted by atomic mass is 28.4. The molecule has 2 spiro atoms. The maximum Gasteiger partial charge on any atom is 0.192 e. The van der Waals surface area contributed by atoms with Crippen molar-refractivity contribution in [2.45, 2.75) is 107 Å². The van der Waals surface area contributed by atoms with Crippen molar-refractivity contribution in [3.63, 3.8) is 0 Å². The molecule has 0 unspecified atom stereocenters. The van der Waals surface area contributed by atoms with Gasteiger partial charge in [0.05, 0.1) is 18.3 Å². The van der Waals surface area contributed by atoms with Gasteiger partial charge in [-0.15, -0.1) is 0 Å². The standard InChI is InChI=1S/C20H32O4Si/c1-18(2,3)25(4,5)24-16-12-6-9-20-17(23-20)13(21)7-8-19(16,20)11-15-14(10-12)22-15/h12,14-17H,6-11H2,1-5H3/t12-,14-,15+,16+,17-,19+,20-/m0/s1. The van der Waals surface area contributed by atoms with Gasteiger partial charge in [0.25, 0.3) is 0 Å². The van der Waals surface area contributed by atoms with Crippen LogP contribution in [0.3, 0.4) is 0 Å². The first-order valence-electron chi connectivity index (χ1n) is 10.1. The van der Waals surface area contributed by atoms with E-state index in [1.165, 1.54) is 0 Å². The topological polar surface area (TPSA) is 51.4 Å². The van der Waals surface area contributed by atoms with Gasteiger partial charge >= 0.3 is 0 Å². The molecule has 0 N–H and O–H groups in total. The van der Waals surface area contributed by atoms with Gasteiger partial charge in [-0.3, -0.25) is 4.79 Å². The molecule has 25 heavy (non-hydrogen) atoms. The molecule has 2 saturated heterocycles. The lowest BCUT2D eigenvalue weighted by Gasteiger charge is -2.55. The van der Waals surface area contributed by atoms with Crippen molar-refractivity contribution in [2.24, 2.45) is 11.3 Å². The average Bonchev–Trinajstić information content (AvgIpc) is 3.38. The van der Waals surface area contributed by atoms with E-state index >= 15 is 0 Å². The quantitative estimate of drug-likeness (QED) is 0.552. The summed E-state index contributed by atoms with van der Waals surface area (Å²) in [7, 11) is -1.88. The van der Waals surface area contributed by atoms with Gasteiger partial charge < -0.3 is 13.9 Å². The average molecular weight is 365 g/mol. The van der Waals surface area contributed by atoms with Gasteiger partial charge in [-0.2, -0.15) is 0 Å². The molecule has 5 aliphatic rings. The highest BCUT2D eigenvalue weighted by Crippen LogP contribution is 2.70. The Hall–Kier alpha value is -0.233. The van der Waals surface area contributed by atoms with E-state index in [-0.39, 0.29) is 28.3 Å². The Morgan fingerprint density at radius 2 is 1.96 bits per heavy atom. The Kier molecular flexibility index (Phi) is 3.23. The summed E-state index contributed by atoms with van der Waals surface area (Å²) in [6, 6.07) is 0. The normalized spacial score (nSPS) is 51.1. The molecule has 140 valence electrons. The van der Waals surface area contributed by atoms with Crippen molar-refractivity contribution in [1.82, 2.24) is 0 Å². The highest BCUT2D eigenvalue weighted by molar-refractivity contribution is 6.74. The summed E-state index contributed by atoms with van der Waals surface area (Å²) in [6.45, 7) is 11.7. The van der Waals surface area contributed by atoms with Gasteiger partial charge in [0, 0.05) is 11.8 Å². The molecule has 0 amide bonds. The van der Waals surface area contributed by atoms with Gasteiger partial charge in [-0.25, -0.2) is 0 Å². The van der Waals surface area contributed by atoms with Crippen LogP contribution in [0, 0.1) is 11.3 Å². The second kappa shape index (κ2) is 4.78. The predicted octanol–water partition coefficient (Wildman–Crippen LogP) is 3.83. The van der Waals surface area contributed by atoms with Gasteiger partial charge in [0.2, 0.25) is 0 Å². The van der Waals surface area contributed by atoms with Crippen LogP contribution in [-0.2, 0) is 18.7 Å². The van der Waals surface area contributed by atoms with Crippen LogP contribution in [-0.4, -0.2) is 44.1 Å². The monoisotopic (exact) mass is 364 g/mol. The van der Waals surface area contributed by atoms with Crippen molar-refractivity contribution in [1.29, 1.82) is 0 Å². The number of rotatable bonds is 2. The highest BCUT2D eigenvalue weighted by Gasteiger charge is 2.79. The zero-order valence-electron chi connectivity index (χ0n) is 16.3. The summed E-state index contributed by atoms with van der Waals surface area (Å²) >= 11 is 0. The molecule has 5 heteroatoms. The van der Waals surface area contributed by atoms with E-state index in [1.807, 2.05) is 0 Å². The fourth-order valence-corrected chi connectivity index (χ4v) is 7.36. The summed E-state index contributed by atoms with van der Waals surface area (Å²) < 4.78 is 19.4. The van der Waals surface area contributed by atoms with Crippen LogP contribution in [0.1, 0.15) is 59.3 Å². The van der Waals surface area contributed by atoms with Crippen LogP contribution in [0.25, 0.3) is 0 Å². The molecule has 3 saturated carbocycles. The number of carbonyl (C=O) groups excluding carboxylic acids is 1. The van der Waals surface area contributed by atoms with E-state index in [9.17, 15) is 4.79 Å². The third kappa shape index (κ3) is 2.13. The van der Waals surface area contributed by atoms with Crippen molar-refractivity contribution >= 4 is 14.1 Å². The fraction of sp³-hybridized carbons (Fsp3) is 0.950. The molecule has 4 nitrogen and oxygen atoms in total. The van der Waals surface area contributed by atoms with Crippen LogP contribution in [0.15, 0.2) is 0 Å². The minimum Gasteiger partial charge on any atom is -0.413 e. The molecule has 2 aliphatic heterocycles. The van der Waals surface area contributed by atoms with Crippen molar-refractivity contribution < 1.29 is 18.7 Å². The minimum absolute atomic E-state index is 0.0000694. The van der Waals surface area contributed by atoms with Gasteiger partial charge in [-0.05, 0) is 56.2 Å². The zero-order valence-corrected chi connectivity index (χ0v) is 17.3. The molecular weight excluding hydrogens is 332 g/mol. The Labute approximate surface area is 152 Å². The summed E-state index contributed by atoms with van der Waals surface area (Å²) in [5.41, 5.74) is -0.230. The van der Waals surface area contributed by atoms with E-state index in [4.69, 9.17) is 13.9 Å². The predicted molar refractivity (Wildman–Crippen MR) is 97.0 cm³/mol. The lowest BCUT2D eigenvalue weighted by Crippen LogP contribution is -2.62. The van der Waals surface area contributed by atoms with Crippen LogP contribution < -0.4 is 0 Å². The van der Waals surface area contributed by atoms with Gasteiger partial charge in [0.15, 0.2) is 14.1 Å². The lowest BCUT2D eigenvalue weighted by molar-refractivity contribution is -0.132. The third-order valence-electron chi connectivity index (χ3n) is 8.52. The molecule has 3 aliphatic carbocycles. The summed E-state index contributed by atoms with van der Waals surface area (Å²) in [5.74, 6) is 0.892. The maximum atomic E-state index is 12.4. The second-order valence-corrected chi connectivity index (χ2v) is 15.5. The Balaban J connectivity index is 1.56. The van der Waals surface area contributed by atoms with Crippen LogP contribution in [0.2, 0.25) is 18.1 Å². The number of Topliss-reactive ketones (excluding diaryl/α,β-unsaturated/α-hetero) is 1. The Morgan fingerprint density at radius 3 is 2.68 bits per heavy atom. The molecule has 0 aromatic heterocycles. The molecule has 2 heterocycles. The van der Waals surface area contributed by atoms with Crippen molar-refractivity contribution in [3.05, 3.63) is 0 Å². The molecule has 2 bridgehead atoms. The van der Waals surface area contributed by atoms with E-state index < -0.39 is 8.32 Å². The molecule has 0 radical (unpaired) electrons. The number of hydrogen-bond donors (Lipinski definition) is 0. The number of ether oxygens (including phenoxy) is 2. The lowest BCUT2D eigenvalue weighted by atomic mass is 9.54. The van der Waals surface area contributed by atoms with Crippen molar-refractivity contribution in [3.8, 4) is 0 Å². The smallest absolute Gasteiger partial charge is 0.192 e. The third-order valence-corrected chi connectivity index (χ3v) is 13.0. The SMILES string of the molecule is CC(C)(C)[Si](C)(C)O[C@@H]1[C@H]2CC[C@]34O[C@H]3C(=O)CC[C@@]14C[C@H]1O[C@H]1C2. The summed E-state index contributed by atoms with van der Waals surface area (Å²) in [4.78, 5) is 12.4. The first-order chi connectivity index (χ1) is 11.6. The van der Waals surface area contributed by atoms with Gasteiger partial charge in [-0.1, -0.05) is 20.8 Å². The van der Waals surface area contributed by atoms with Gasteiger partial charge in [0.1, 0.15) is 11.7 Å². The number of epoxide rings is 2. The summed E-state index contributed by atoms with van der Waals surface area (Å²) in [6.07, 6.45) is 6.85. The number of carbonyl (C=O) groups is 1. The molecule has 5 fully saturated rings. The fourth-order valence-electron chi connectivity index (χ4n) is 5.95. The Bertz CT molecular complexity index is 626. The Morgan fingerprint density at radius 1 is 1.20 bits per heavy atom. The number of hydrogen-bond acceptors (Lipinski definition) is 4. The first kappa shape index (κ1) is 16.9. The van der Waals surface area contributed by atoms with Crippen LogP contribution in [0.4, 0.5) is 0 Å². The minimum atomic E-state index is -1.88. The number of fused-ring (bicyclic) bond motifs is 2. The zero-order chi connectivity index (χ0) is 17.8. The molecular formula is C20H32O4Si. The van der Waals surface area contributed by atoms with Crippen LogP contribution in [0.5, 0.6) is 0 Å². The summed E-state index contributed by atoms with van der Waals surface area (Å²) in [5, 5.41) is 0.200. The second-order valence-electron chi connectivity index (χ2n) is 10.8. The van der Waals surface area contributed by atoms with Crippen LogP contribution >= 0.6 is 0 Å².